The summed E-state index contributed by atoms with van der Waals surface area (Å²) in [6, 6.07) is 9.35. The van der Waals surface area contributed by atoms with Gasteiger partial charge in [0.25, 0.3) is 0 Å². The van der Waals surface area contributed by atoms with E-state index in [4.69, 9.17) is 0 Å². The van der Waals surface area contributed by atoms with Crippen molar-refractivity contribution in [2.75, 3.05) is 13.1 Å². The maximum atomic E-state index is 11.7. The summed E-state index contributed by atoms with van der Waals surface area (Å²) in [7, 11) is 0. The van der Waals surface area contributed by atoms with Gasteiger partial charge in [-0.05, 0) is 5.41 Å². The molecule has 0 unspecified atom stereocenters. The van der Waals surface area contributed by atoms with E-state index < -0.39 is 22.9 Å². The maximum Gasteiger partial charge on any atom is 0.513 e. The molecule has 5 heteroatoms. The van der Waals surface area contributed by atoms with Crippen molar-refractivity contribution in [1.29, 1.82) is 0 Å². The molecule has 0 bridgehead atoms. The van der Waals surface area contributed by atoms with Crippen molar-refractivity contribution in [2.45, 2.75) is 27.3 Å². The molecule has 1 heterocycles. The molecule has 0 saturated carbocycles. The molecule has 1 amide bonds. The summed E-state index contributed by atoms with van der Waals surface area (Å²) in [6.07, 6.45) is -0.958. The van der Waals surface area contributed by atoms with Crippen LogP contribution in [0.2, 0.25) is 0 Å². The van der Waals surface area contributed by atoms with Gasteiger partial charge in [-0.1, -0.05) is 51.1 Å². The number of hydrogen-bond acceptors (Lipinski definition) is 2. The molecule has 0 spiro atoms. The normalized spacial score (nSPS) is 28.7. The number of benzene rings is 1. The summed E-state index contributed by atoms with van der Waals surface area (Å²) in [5.41, 5.74) is -0.555. The number of aliphatic carboxylic acids is 1. The van der Waals surface area contributed by atoms with Crippen molar-refractivity contribution >= 4 is 12.1 Å². The van der Waals surface area contributed by atoms with Gasteiger partial charge in [-0.3, -0.25) is 4.79 Å². The average Bonchev–Trinajstić information content (AvgIpc) is 2.31. The van der Waals surface area contributed by atoms with Gasteiger partial charge in [-0.15, -0.1) is 0 Å². The second-order valence-electron chi connectivity index (χ2n) is 7.02. The number of hydrogen-bond donors (Lipinski definition) is 2. The van der Waals surface area contributed by atoms with Gasteiger partial charge in [0.1, 0.15) is 19.6 Å². The van der Waals surface area contributed by atoms with Gasteiger partial charge in [0.15, 0.2) is 5.41 Å². The summed E-state index contributed by atoms with van der Waals surface area (Å²) < 4.78 is -0.215. The second kappa shape index (κ2) is 4.84. The molecule has 1 aromatic carbocycles. The fraction of sp³-hybridized carbons (Fsp3) is 0.500. The van der Waals surface area contributed by atoms with Gasteiger partial charge in [-0.2, -0.15) is 4.79 Å². The zero-order valence-corrected chi connectivity index (χ0v) is 12.7. The van der Waals surface area contributed by atoms with Crippen molar-refractivity contribution in [2.24, 2.45) is 10.8 Å². The summed E-state index contributed by atoms with van der Waals surface area (Å²) in [4.78, 5) is 23.4. The molecule has 114 valence electrons. The minimum absolute atomic E-state index is 0.121. The number of carboxylic acids is 1. The Balaban J connectivity index is 2.29. The molecule has 0 radical (unpaired) electrons. The van der Waals surface area contributed by atoms with Crippen LogP contribution in [0.5, 0.6) is 0 Å². The number of carboxylic acid groups (broad SMARTS) is 2. The SMILES string of the molecule is CC(C)(C)C1(C(=O)O)C[N+](Cc2ccccc2)(C(=O)O)C1. The van der Waals surface area contributed by atoms with E-state index in [2.05, 4.69) is 0 Å². The zero-order chi connectivity index (χ0) is 15.9. The number of quaternary nitrogens is 1. The largest absolute Gasteiger partial charge is 0.513 e. The van der Waals surface area contributed by atoms with Crippen LogP contribution in [0.1, 0.15) is 26.3 Å². The standard InChI is InChI=1S/C16H21NO4/c1-15(2,3)16(13(18)19)10-17(11-16,14(20)21)9-12-7-5-4-6-8-12/h4-8H,9-11H2,1-3H3,(H-,18,19,20,21)/p+1. The highest BCUT2D eigenvalue weighted by Crippen LogP contribution is 2.51. The maximum absolute atomic E-state index is 11.7. The number of likely N-dealkylation sites (tertiary alicyclic amines) is 1. The highest BCUT2D eigenvalue weighted by atomic mass is 16.4. The Morgan fingerprint density at radius 1 is 1.14 bits per heavy atom. The summed E-state index contributed by atoms with van der Waals surface area (Å²) >= 11 is 0. The molecule has 1 aliphatic rings. The lowest BCUT2D eigenvalue weighted by Crippen LogP contribution is -2.76. The molecule has 1 aliphatic heterocycles. The number of amides is 1. The molecular weight excluding hydrogens is 270 g/mol. The Bertz CT molecular complexity index is 553. The molecule has 1 saturated heterocycles. The van der Waals surface area contributed by atoms with Crippen molar-refractivity contribution in [3.8, 4) is 0 Å². The zero-order valence-electron chi connectivity index (χ0n) is 12.7. The molecule has 0 atom stereocenters. The van der Waals surface area contributed by atoms with E-state index in [0.717, 1.165) is 5.56 Å². The van der Waals surface area contributed by atoms with Crippen molar-refractivity contribution < 1.29 is 24.3 Å². The highest BCUT2D eigenvalue weighted by Gasteiger charge is 2.69. The average molecular weight is 292 g/mol. The third-order valence-corrected chi connectivity index (χ3v) is 4.72. The quantitative estimate of drug-likeness (QED) is 0.840. The molecule has 2 N–H and O–H groups in total. The summed E-state index contributed by atoms with van der Waals surface area (Å²) in [6.45, 7) is 6.14. The van der Waals surface area contributed by atoms with E-state index in [1.165, 1.54) is 0 Å². The molecule has 0 aliphatic carbocycles. The lowest BCUT2D eigenvalue weighted by atomic mass is 9.60. The van der Waals surface area contributed by atoms with Crippen LogP contribution in [-0.2, 0) is 11.3 Å². The molecule has 0 aromatic heterocycles. The van der Waals surface area contributed by atoms with Crippen LogP contribution in [0.25, 0.3) is 0 Å². The van der Waals surface area contributed by atoms with Gasteiger partial charge in [0, 0.05) is 5.56 Å². The van der Waals surface area contributed by atoms with E-state index in [1.54, 1.807) is 0 Å². The molecule has 5 nitrogen and oxygen atoms in total. The van der Waals surface area contributed by atoms with Crippen LogP contribution in [0.4, 0.5) is 4.79 Å². The Hall–Kier alpha value is -1.88. The lowest BCUT2D eigenvalue weighted by Gasteiger charge is -2.56. The highest BCUT2D eigenvalue weighted by molar-refractivity contribution is 5.78. The number of rotatable bonds is 3. The van der Waals surface area contributed by atoms with Gasteiger partial charge >= 0.3 is 12.1 Å². The third kappa shape index (κ3) is 2.42. The first-order valence-electron chi connectivity index (χ1n) is 7.00. The Morgan fingerprint density at radius 3 is 2.05 bits per heavy atom. The molecule has 1 aromatic rings. The van der Waals surface area contributed by atoms with Crippen LogP contribution < -0.4 is 0 Å². The van der Waals surface area contributed by atoms with Gasteiger partial charge in [0.2, 0.25) is 0 Å². The van der Waals surface area contributed by atoms with Crippen LogP contribution in [0.3, 0.4) is 0 Å². The first-order valence-corrected chi connectivity index (χ1v) is 7.00. The number of nitrogens with zero attached hydrogens (tertiary/aromatic N) is 1. The van der Waals surface area contributed by atoms with Crippen molar-refractivity contribution in [3.05, 3.63) is 35.9 Å². The smallest absolute Gasteiger partial charge is 0.480 e. The van der Waals surface area contributed by atoms with E-state index in [9.17, 15) is 19.8 Å². The van der Waals surface area contributed by atoms with Crippen LogP contribution in [0.15, 0.2) is 30.3 Å². The van der Waals surface area contributed by atoms with E-state index in [1.807, 2.05) is 51.1 Å². The van der Waals surface area contributed by atoms with Crippen LogP contribution in [0, 0.1) is 10.8 Å². The number of carbonyl (C=O) groups is 2. The van der Waals surface area contributed by atoms with Crippen molar-refractivity contribution in [3.63, 3.8) is 0 Å². The Morgan fingerprint density at radius 2 is 1.67 bits per heavy atom. The minimum Gasteiger partial charge on any atom is -0.480 e. The van der Waals surface area contributed by atoms with E-state index in [-0.39, 0.29) is 17.6 Å². The lowest BCUT2D eigenvalue weighted by molar-refractivity contribution is -0.930. The van der Waals surface area contributed by atoms with Crippen LogP contribution >= 0.6 is 0 Å². The second-order valence-corrected chi connectivity index (χ2v) is 7.02. The van der Waals surface area contributed by atoms with Crippen molar-refractivity contribution in [1.82, 2.24) is 0 Å². The first kappa shape index (κ1) is 15.5. The molecule has 21 heavy (non-hydrogen) atoms. The van der Waals surface area contributed by atoms with Crippen LogP contribution in [-0.4, -0.2) is 39.8 Å². The van der Waals surface area contributed by atoms with E-state index in [0.29, 0.717) is 6.54 Å². The van der Waals surface area contributed by atoms with Gasteiger partial charge < -0.3 is 10.2 Å². The van der Waals surface area contributed by atoms with E-state index >= 15 is 0 Å². The fourth-order valence-electron chi connectivity index (χ4n) is 3.17. The van der Waals surface area contributed by atoms with Gasteiger partial charge in [0.05, 0.1) is 0 Å². The topological polar surface area (TPSA) is 74.6 Å². The predicted octanol–water partition coefficient (Wildman–Crippen LogP) is 2.81. The van der Waals surface area contributed by atoms with Gasteiger partial charge in [-0.25, -0.2) is 4.48 Å². The summed E-state index contributed by atoms with van der Waals surface area (Å²) in [5.74, 6) is -0.905. The monoisotopic (exact) mass is 292 g/mol. The molecule has 1 fully saturated rings. The first-order chi connectivity index (χ1) is 9.63. The molecule has 2 rings (SSSR count). The molecular formula is C16H22NO4+. The Kier molecular flexibility index (Phi) is 3.58. The predicted molar refractivity (Wildman–Crippen MR) is 77.7 cm³/mol. The summed E-state index contributed by atoms with van der Waals surface area (Å²) in [5, 5.41) is 19.2. The third-order valence-electron chi connectivity index (χ3n) is 4.72. The minimum atomic E-state index is -0.986. The Labute approximate surface area is 124 Å². The fourth-order valence-corrected chi connectivity index (χ4v) is 3.17.